The lowest BCUT2D eigenvalue weighted by Gasteiger charge is -2.23. The highest BCUT2D eigenvalue weighted by Gasteiger charge is 2.49. The Labute approximate surface area is 263 Å². The second-order valence-electron chi connectivity index (χ2n) is 11.7. The number of sulfonamides is 1. The number of hydrogen-bond acceptors (Lipinski definition) is 7. The number of hydrogen-bond donors (Lipinski definition) is 1. The lowest BCUT2D eigenvalue weighted by Crippen LogP contribution is -2.40. The highest BCUT2D eigenvalue weighted by atomic mass is 35.5. The average Bonchev–Trinajstić information content (AvgIpc) is 3.67. The zero-order valence-corrected chi connectivity index (χ0v) is 27.1. The maximum atomic E-state index is 13.7. The van der Waals surface area contributed by atoms with Crippen LogP contribution in [0.3, 0.4) is 0 Å². The quantitative estimate of drug-likeness (QED) is 0.275. The molecule has 1 aromatic heterocycles. The minimum atomic E-state index is -4.15. The third kappa shape index (κ3) is 6.25. The molecule has 44 heavy (non-hydrogen) atoms. The van der Waals surface area contributed by atoms with Gasteiger partial charge in [-0.05, 0) is 48.9 Å². The Morgan fingerprint density at radius 2 is 1.86 bits per heavy atom. The van der Waals surface area contributed by atoms with Gasteiger partial charge in [0.05, 0.1) is 17.9 Å². The van der Waals surface area contributed by atoms with Gasteiger partial charge in [0.25, 0.3) is 15.9 Å². The van der Waals surface area contributed by atoms with Gasteiger partial charge in [-0.2, -0.15) is 0 Å². The molecule has 1 saturated carbocycles. The fourth-order valence-corrected chi connectivity index (χ4v) is 7.29. The van der Waals surface area contributed by atoms with Crippen molar-refractivity contribution >= 4 is 45.1 Å². The van der Waals surface area contributed by atoms with Gasteiger partial charge in [0.15, 0.2) is 5.76 Å². The Bertz CT molecular complexity index is 1710. The van der Waals surface area contributed by atoms with Crippen molar-refractivity contribution < 1.29 is 22.5 Å². The molecule has 1 N–H and O–H groups in total. The summed E-state index contributed by atoms with van der Waals surface area (Å²) < 4.78 is 34.6. The number of nitrogens with zero attached hydrogens (tertiary/aromatic N) is 4. The molecule has 10 nitrogen and oxygen atoms in total. The molecule has 3 aromatic rings. The van der Waals surface area contributed by atoms with Gasteiger partial charge in [0.2, 0.25) is 11.7 Å². The summed E-state index contributed by atoms with van der Waals surface area (Å²) in [4.78, 5) is 35.0. The fraction of sp³-hybridized carbons (Fsp3) is 0.438. The number of aryl methyl sites for hydroxylation is 1. The number of unbranched alkanes of at least 4 members (excludes halogenated alkanes) is 1. The topological polar surface area (TPSA) is 125 Å². The van der Waals surface area contributed by atoms with Crippen molar-refractivity contribution in [2.45, 2.75) is 82.2 Å². The molecule has 2 aliphatic rings. The first-order chi connectivity index (χ1) is 21.0. The van der Waals surface area contributed by atoms with E-state index in [4.69, 9.17) is 21.1 Å². The molecule has 1 aliphatic heterocycles. The molecule has 0 unspecified atom stereocenters. The van der Waals surface area contributed by atoms with Crippen molar-refractivity contribution in [3.05, 3.63) is 64.4 Å². The fourth-order valence-electron chi connectivity index (χ4n) is 5.89. The molecule has 2 aromatic carbocycles. The van der Waals surface area contributed by atoms with Crippen LogP contribution in [0.1, 0.15) is 68.8 Å². The highest BCUT2D eigenvalue weighted by Crippen LogP contribution is 2.40. The van der Waals surface area contributed by atoms with Crippen molar-refractivity contribution in [1.29, 1.82) is 0 Å². The molecule has 12 heteroatoms. The van der Waals surface area contributed by atoms with Crippen molar-refractivity contribution in [3.8, 4) is 11.1 Å². The Hall–Kier alpha value is -3.70. The number of aromatic nitrogens is 1. The van der Waals surface area contributed by atoms with Crippen molar-refractivity contribution in [2.24, 2.45) is 4.99 Å². The second-order valence-corrected chi connectivity index (χ2v) is 13.7. The number of nitrogens with one attached hydrogen (secondary N) is 1. The van der Waals surface area contributed by atoms with Crippen LogP contribution >= 0.6 is 11.6 Å². The number of amides is 2. The van der Waals surface area contributed by atoms with Gasteiger partial charge in [-0.25, -0.2) is 8.42 Å². The van der Waals surface area contributed by atoms with Crippen molar-refractivity contribution in [2.75, 3.05) is 18.8 Å². The number of halogens is 1. The van der Waals surface area contributed by atoms with E-state index in [1.807, 2.05) is 23.1 Å². The first-order valence-corrected chi connectivity index (χ1v) is 16.8. The number of carbonyl (C=O) groups is 2. The first kappa shape index (κ1) is 31.7. The molecule has 0 saturated heterocycles. The van der Waals surface area contributed by atoms with Crippen LogP contribution < -0.4 is 4.72 Å². The molecule has 1 spiro atoms. The lowest BCUT2D eigenvalue weighted by molar-refractivity contribution is -0.131. The molecule has 0 atom stereocenters. The van der Waals surface area contributed by atoms with Crippen LogP contribution in [0.5, 0.6) is 0 Å². The molecule has 5 rings (SSSR count). The van der Waals surface area contributed by atoms with E-state index in [1.165, 1.54) is 11.0 Å². The van der Waals surface area contributed by atoms with Crippen LogP contribution in [0, 0.1) is 6.92 Å². The molecular weight excluding hydrogens is 602 g/mol. The summed E-state index contributed by atoms with van der Waals surface area (Å²) in [6.45, 7) is 4.03. The minimum absolute atomic E-state index is 0.00472. The monoisotopic (exact) mass is 639 g/mol. The Kier molecular flexibility index (Phi) is 9.17. The zero-order chi connectivity index (χ0) is 31.6. The predicted octanol–water partition coefficient (Wildman–Crippen LogP) is 5.98. The van der Waals surface area contributed by atoms with Crippen LogP contribution in [0.4, 0.5) is 5.82 Å². The van der Waals surface area contributed by atoms with Gasteiger partial charge in [-0.1, -0.05) is 79.3 Å². The number of carbonyl (C=O) groups excluding carboxylic acids is 2. The molecule has 2 amide bonds. The van der Waals surface area contributed by atoms with Gasteiger partial charge < -0.3 is 9.42 Å². The summed E-state index contributed by atoms with van der Waals surface area (Å²) in [5.74, 6) is 0.932. The van der Waals surface area contributed by atoms with Gasteiger partial charge >= 0.3 is 0 Å². The van der Waals surface area contributed by atoms with Gasteiger partial charge in [-0.15, -0.1) is 0 Å². The zero-order valence-electron chi connectivity index (χ0n) is 25.5. The third-order valence-corrected chi connectivity index (χ3v) is 10.2. The van der Waals surface area contributed by atoms with Gasteiger partial charge in [-0.3, -0.25) is 24.2 Å². The maximum Gasteiger partial charge on any atom is 0.263 e. The molecule has 0 radical (unpaired) electrons. The number of likely N-dealkylation sites (N-methyl/N-ethyl adjacent to an activating group) is 1. The summed E-state index contributed by atoms with van der Waals surface area (Å²) in [6.07, 6.45) is 6.26. The number of amidine groups is 1. The summed E-state index contributed by atoms with van der Waals surface area (Å²) in [6, 6.07) is 12.2. The van der Waals surface area contributed by atoms with Crippen LogP contribution in [0.15, 0.2) is 56.9 Å². The molecule has 1 fully saturated rings. The van der Waals surface area contributed by atoms with E-state index in [9.17, 15) is 18.0 Å². The standard InChI is InChI=1S/C32H38ClN5O5S/c1-5-6-13-27-34-32(16-9-10-17-32)31(40)38(27)20-22-14-15-24(23(18-22)19-28(39)37(3)4)25-11-7-8-12-26(25)44(41,42)36-30-29(33)21(2)43-35-30/h7-8,11-12,14-15,18H,5-6,9-10,13,16-17,19-20H2,1-4H3,(H,35,36). The average molecular weight is 640 g/mol. The van der Waals surface area contributed by atoms with Crippen LogP contribution in [0.2, 0.25) is 5.02 Å². The van der Waals surface area contributed by atoms with Crippen LogP contribution in [0.25, 0.3) is 11.1 Å². The molecule has 2 heterocycles. The summed E-state index contributed by atoms with van der Waals surface area (Å²) in [5, 5.41) is 3.81. The molecule has 0 bridgehead atoms. The number of rotatable bonds is 11. The summed E-state index contributed by atoms with van der Waals surface area (Å²) in [7, 11) is -0.791. The van der Waals surface area contributed by atoms with Crippen LogP contribution in [-0.4, -0.2) is 60.7 Å². The van der Waals surface area contributed by atoms with E-state index in [1.54, 1.807) is 39.2 Å². The van der Waals surface area contributed by atoms with Crippen molar-refractivity contribution in [3.63, 3.8) is 0 Å². The van der Waals surface area contributed by atoms with Crippen molar-refractivity contribution in [1.82, 2.24) is 15.0 Å². The Morgan fingerprint density at radius 3 is 2.52 bits per heavy atom. The van der Waals surface area contributed by atoms with Crippen LogP contribution in [-0.2, 0) is 32.6 Å². The highest BCUT2D eigenvalue weighted by molar-refractivity contribution is 7.92. The Morgan fingerprint density at radius 1 is 1.14 bits per heavy atom. The van der Waals surface area contributed by atoms with E-state index in [0.29, 0.717) is 23.2 Å². The second kappa shape index (κ2) is 12.7. The van der Waals surface area contributed by atoms with Gasteiger partial charge in [0, 0.05) is 26.1 Å². The molecule has 234 valence electrons. The van der Waals surface area contributed by atoms with E-state index >= 15 is 0 Å². The van der Waals surface area contributed by atoms with E-state index in [2.05, 4.69) is 16.8 Å². The maximum absolute atomic E-state index is 13.7. The van der Waals surface area contributed by atoms with E-state index in [0.717, 1.165) is 56.3 Å². The smallest absolute Gasteiger partial charge is 0.263 e. The SMILES string of the molecule is CCCCC1=NC2(CCCC2)C(=O)N1Cc1ccc(-c2ccccc2S(=O)(=O)Nc2noc(C)c2Cl)c(CC(=O)N(C)C)c1. The molecular formula is C32H38ClN5O5S. The predicted molar refractivity (Wildman–Crippen MR) is 170 cm³/mol. The summed E-state index contributed by atoms with van der Waals surface area (Å²) >= 11 is 6.18. The number of benzene rings is 2. The number of anilines is 1. The summed E-state index contributed by atoms with van der Waals surface area (Å²) in [5.41, 5.74) is 1.85. The van der Waals surface area contributed by atoms with E-state index < -0.39 is 15.6 Å². The largest absolute Gasteiger partial charge is 0.358 e. The lowest BCUT2D eigenvalue weighted by atomic mass is 9.94. The normalized spacial score (nSPS) is 16.1. The Balaban J connectivity index is 1.53. The third-order valence-electron chi connectivity index (χ3n) is 8.32. The van der Waals surface area contributed by atoms with E-state index in [-0.39, 0.29) is 39.7 Å². The van der Waals surface area contributed by atoms with Gasteiger partial charge in [0.1, 0.15) is 16.4 Å². The number of aliphatic imine (C=N–C) groups is 1. The first-order valence-electron chi connectivity index (χ1n) is 14.9. The molecule has 1 aliphatic carbocycles. The minimum Gasteiger partial charge on any atom is -0.358 e.